The smallest absolute Gasteiger partial charge is 0.227 e. The Morgan fingerprint density at radius 1 is 1.08 bits per heavy atom. The number of nitrogens with one attached hydrogen (secondary N) is 1. The molecule has 1 fully saturated rings. The van der Waals surface area contributed by atoms with Crippen molar-refractivity contribution in [3.63, 3.8) is 0 Å². The number of halogens is 2. The first-order valence-electron chi connectivity index (χ1n) is 13.2. The number of nitrogens with zero attached hydrogens (tertiary/aromatic N) is 2. The van der Waals surface area contributed by atoms with Gasteiger partial charge in [0.25, 0.3) is 0 Å². The molecule has 4 rings (SSSR count). The van der Waals surface area contributed by atoms with Crippen LogP contribution in [0.5, 0.6) is 5.75 Å². The third-order valence-corrected chi connectivity index (χ3v) is 7.96. The summed E-state index contributed by atoms with van der Waals surface area (Å²) in [5.41, 5.74) is 3.03. The fraction of sp³-hybridized carbons (Fsp3) is 0.483. The number of carbonyl (C=O) groups is 3. The van der Waals surface area contributed by atoms with Crippen molar-refractivity contribution in [1.29, 1.82) is 0 Å². The van der Waals surface area contributed by atoms with E-state index in [4.69, 9.17) is 27.9 Å². The molecule has 9 heteroatoms. The Bertz CT molecular complexity index is 1160. The van der Waals surface area contributed by atoms with Crippen molar-refractivity contribution in [2.24, 2.45) is 0 Å². The summed E-state index contributed by atoms with van der Waals surface area (Å²) in [6.45, 7) is 7.20. The molecule has 2 aliphatic rings. The summed E-state index contributed by atoms with van der Waals surface area (Å²) in [5.74, 6) is 0.366. The zero-order valence-electron chi connectivity index (χ0n) is 21.8. The van der Waals surface area contributed by atoms with Crippen molar-refractivity contribution in [1.82, 2.24) is 10.2 Å². The van der Waals surface area contributed by atoms with Crippen molar-refractivity contribution in [2.75, 3.05) is 50.8 Å². The van der Waals surface area contributed by atoms with Gasteiger partial charge < -0.3 is 15.0 Å². The molecule has 0 saturated carbocycles. The van der Waals surface area contributed by atoms with Gasteiger partial charge in [0.05, 0.1) is 28.8 Å². The SMILES string of the molecule is CC(=O)CC(=O)NCC1CC(=O)Cc2cc(OCCCCN3CCN(c4cccc(Cl)c4Cl)CC3)ccc21. The van der Waals surface area contributed by atoms with Crippen molar-refractivity contribution in [3.8, 4) is 5.75 Å². The molecule has 1 aliphatic heterocycles. The van der Waals surface area contributed by atoms with E-state index in [0.717, 1.165) is 68.1 Å². The van der Waals surface area contributed by atoms with Gasteiger partial charge in [0, 0.05) is 51.5 Å². The van der Waals surface area contributed by atoms with Gasteiger partial charge in [-0.15, -0.1) is 0 Å². The van der Waals surface area contributed by atoms with E-state index >= 15 is 0 Å². The highest BCUT2D eigenvalue weighted by Crippen LogP contribution is 2.33. The Morgan fingerprint density at radius 3 is 2.63 bits per heavy atom. The molecule has 7 nitrogen and oxygen atoms in total. The second-order valence-electron chi connectivity index (χ2n) is 10.1. The van der Waals surface area contributed by atoms with Crippen LogP contribution in [-0.4, -0.2) is 68.2 Å². The van der Waals surface area contributed by atoms with Gasteiger partial charge in [-0.3, -0.25) is 19.3 Å². The maximum absolute atomic E-state index is 12.3. The number of hydrogen-bond acceptors (Lipinski definition) is 6. The first-order valence-corrected chi connectivity index (χ1v) is 14.0. The summed E-state index contributed by atoms with van der Waals surface area (Å²) >= 11 is 12.6. The van der Waals surface area contributed by atoms with E-state index in [1.54, 1.807) is 0 Å². The van der Waals surface area contributed by atoms with Gasteiger partial charge in [0.2, 0.25) is 5.91 Å². The minimum absolute atomic E-state index is 0.0772. The standard InChI is InChI=1S/C29H35Cl2N3O4/c1-20(35)15-28(37)32-19-22-17-23(36)16-21-18-24(7-8-25(21)22)38-14-3-2-9-33-10-12-34(13-11-33)27-6-4-5-26(30)29(27)31/h4-8,18,22H,2-3,9-17,19H2,1H3,(H,32,37). The third-order valence-electron chi connectivity index (χ3n) is 7.15. The lowest BCUT2D eigenvalue weighted by Gasteiger charge is -2.36. The fourth-order valence-corrected chi connectivity index (χ4v) is 5.59. The number of benzene rings is 2. The highest BCUT2D eigenvalue weighted by Gasteiger charge is 2.26. The van der Waals surface area contributed by atoms with Gasteiger partial charge in [-0.05, 0) is 61.7 Å². The molecule has 204 valence electrons. The lowest BCUT2D eigenvalue weighted by molar-refractivity contribution is -0.127. The highest BCUT2D eigenvalue weighted by molar-refractivity contribution is 6.43. The number of fused-ring (bicyclic) bond motifs is 1. The first kappa shape index (κ1) is 28.4. The zero-order chi connectivity index (χ0) is 27.1. The Balaban J connectivity index is 1.18. The Labute approximate surface area is 234 Å². The molecular weight excluding hydrogens is 525 g/mol. The monoisotopic (exact) mass is 559 g/mol. The number of Topliss-reactive ketones (excluding diaryl/α,β-unsaturated/α-hetero) is 2. The number of ether oxygens (including phenoxy) is 1. The highest BCUT2D eigenvalue weighted by atomic mass is 35.5. The number of anilines is 1. The van der Waals surface area contributed by atoms with E-state index in [2.05, 4.69) is 15.1 Å². The normalized spacial score (nSPS) is 17.7. The van der Waals surface area contributed by atoms with Crippen LogP contribution >= 0.6 is 23.2 Å². The summed E-state index contributed by atoms with van der Waals surface area (Å²) in [5, 5.41) is 4.00. The molecule has 2 aromatic carbocycles. The number of hydrogen-bond donors (Lipinski definition) is 1. The van der Waals surface area contributed by atoms with Gasteiger partial charge in [-0.2, -0.15) is 0 Å². The number of ketones is 2. The predicted molar refractivity (Wildman–Crippen MR) is 151 cm³/mol. The van der Waals surface area contributed by atoms with Gasteiger partial charge in [-0.25, -0.2) is 0 Å². The maximum Gasteiger partial charge on any atom is 0.227 e. The van der Waals surface area contributed by atoms with Crippen molar-refractivity contribution in [2.45, 2.75) is 44.9 Å². The van der Waals surface area contributed by atoms with E-state index in [0.29, 0.717) is 36.0 Å². The second-order valence-corrected chi connectivity index (χ2v) is 10.9. The van der Waals surface area contributed by atoms with Crippen LogP contribution in [0.3, 0.4) is 0 Å². The average Bonchev–Trinajstić information content (AvgIpc) is 2.88. The van der Waals surface area contributed by atoms with E-state index in [9.17, 15) is 14.4 Å². The van der Waals surface area contributed by atoms with E-state index in [-0.39, 0.29) is 29.8 Å². The molecule has 1 unspecified atom stereocenters. The van der Waals surface area contributed by atoms with Crippen LogP contribution in [0, 0.1) is 0 Å². The molecule has 2 aromatic rings. The molecule has 0 aromatic heterocycles. The zero-order valence-corrected chi connectivity index (χ0v) is 23.3. The molecule has 1 aliphatic carbocycles. The quantitative estimate of drug-likeness (QED) is 0.318. The number of unbranched alkanes of at least 4 members (excludes halogenated alkanes) is 1. The minimum atomic E-state index is -0.301. The molecule has 1 heterocycles. The number of piperazine rings is 1. The first-order chi connectivity index (χ1) is 18.3. The van der Waals surface area contributed by atoms with Crippen LogP contribution < -0.4 is 15.0 Å². The van der Waals surface area contributed by atoms with Crippen LogP contribution in [0.4, 0.5) is 5.69 Å². The molecule has 38 heavy (non-hydrogen) atoms. The summed E-state index contributed by atoms with van der Waals surface area (Å²) < 4.78 is 6.00. The molecule has 1 saturated heterocycles. The summed E-state index contributed by atoms with van der Waals surface area (Å²) in [6, 6.07) is 11.7. The van der Waals surface area contributed by atoms with Gasteiger partial charge in [0.1, 0.15) is 17.3 Å². The van der Waals surface area contributed by atoms with E-state index < -0.39 is 0 Å². The molecular formula is C29H35Cl2N3O4. The molecule has 1 N–H and O–H groups in total. The summed E-state index contributed by atoms with van der Waals surface area (Å²) in [4.78, 5) is 40.1. The third kappa shape index (κ3) is 7.71. The number of amides is 1. The summed E-state index contributed by atoms with van der Waals surface area (Å²) in [6.07, 6.45) is 2.64. The summed E-state index contributed by atoms with van der Waals surface area (Å²) in [7, 11) is 0. The van der Waals surface area contributed by atoms with Gasteiger partial charge in [0.15, 0.2) is 0 Å². The van der Waals surface area contributed by atoms with Crippen LogP contribution in [-0.2, 0) is 20.8 Å². The predicted octanol–water partition coefficient (Wildman–Crippen LogP) is 4.67. The van der Waals surface area contributed by atoms with Crippen molar-refractivity contribution >= 4 is 46.4 Å². The topological polar surface area (TPSA) is 78.9 Å². The second kappa shape index (κ2) is 13.5. The van der Waals surface area contributed by atoms with Gasteiger partial charge in [-0.1, -0.05) is 35.3 Å². The molecule has 1 amide bonds. The Kier molecular flexibility index (Phi) is 10.1. The number of carbonyl (C=O) groups excluding carboxylic acids is 3. The van der Waals surface area contributed by atoms with E-state index in [1.807, 2.05) is 36.4 Å². The number of rotatable bonds is 11. The molecule has 0 spiro atoms. The lowest BCUT2D eigenvalue weighted by atomic mass is 9.82. The largest absolute Gasteiger partial charge is 0.494 e. The van der Waals surface area contributed by atoms with Gasteiger partial charge >= 0.3 is 0 Å². The van der Waals surface area contributed by atoms with Crippen molar-refractivity contribution < 1.29 is 19.1 Å². The molecule has 1 atom stereocenters. The van der Waals surface area contributed by atoms with E-state index in [1.165, 1.54) is 6.92 Å². The molecule has 0 bridgehead atoms. The van der Waals surface area contributed by atoms with Crippen molar-refractivity contribution in [3.05, 3.63) is 57.6 Å². The minimum Gasteiger partial charge on any atom is -0.494 e. The molecule has 0 radical (unpaired) electrons. The fourth-order valence-electron chi connectivity index (χ4n) is 5.18. The maximum atomic E-state index is 12.3. The van der Waals surface area contributed by atoms with Crippen LogP contribution in [0.25, 0.3) is 0 Å². The Morgan fingerprint density at radius 2 is 1.87 bits per heavy atom. The lowest BCUT2D eigenvalue weighted by Crippen LogP contribution is -2.46. The van der Waals surface area contributed by atoms with Crippen LogP contribution in [0.1, 0.15) is 49.7 Å². The average molecular weight is 561 g/mol. The van der Waals surface area contributed by atoms with Crippen LogP contribution in [0.2, 0.25) is 10.0 Å². The Hall–Kier alpha value is -2.61. The van der Waals surface area contributed by atoms with Crippen LogP contribution in [0.15, 0.2) is 36.4 Å².